The molecular formula is C22H19FN6O. The third-order valence-electron chi connectivity index (χ3n) is 5.19. The Kier molecular flexibility index (Phi) is 4.59. The van der Waals surface area contributed by atoms with E-state index in [4.69, 9.17) is 0 Å². The lowest BCUT2D eigenvalue weighted by Gasteiger charge is -2.16. The van der Waals surface area contributed by atoms with Gasteiger partial charge in [0.1, 0.15) is 5.82 Å². The molecule has 0 unspecified atom stereocenters. The number of amides is 2. The Morgan fingerprint density at radius 3 is 2.63 bits per heavy atom. The van der Waals surface area contributed by atoms with Gasteiger partial charge in [-0.2, -0.15) is 9.61 Å². The van der Waals surface area contributed by atoms with E-state index in [1.54, 1.807) is 27.7 Å². The van der Waals surface area contributed by atoms with Crippen LogP contribution >= 0.6 is 0 Å². The normalized spacial score (nSPS) is 13.7. The van der Waals surface area contributed by atoms with Crippen LogP contribution in [0.3, 0.4) is 0 Å². The van der Waals surface area contributed by atoms with Crippen molar-refractivity contribution in [2.24, 2.45) is 0 Å². The van der Waals surface area contributed by atoms with Gasteiger partial charge in [0.2, 0.25) is 0 Å². The number of aromatic nitrogens is 4. The zero-order valence-corrected chi connectivity index (χ0v) is 16.1. The van der Waals surface area contributed by atoms with Crippen molar-refractivity contribution in [1.82, 2.24) is 24.5 Å². The summed E-state index contributed by atoms with van der Waals surface area (Å²) in [5, 5.41) is 7.25. The fraction of sp³-hybridized carbons (Fsp3) is 0.182. The van der Waals surface area contributed by atoms with Gasteiger partial charge in [-0.3, -0.25) is 0 Å². The van der Waals surface area contributed by atoms with E-state index in [0.29, 0.717) is 17.2 Å². The Bertz CT molecular complexity index is 1220. The van der Waals surface area contributed by atoms with Crippen molar-refractivity contribution in [3.8, 4) is 22.5 Å². The number of rotatable bonds is 3. The number of carbonyl (C=O) groups excluding carboxylic acids is 1. The summed E-state index contributed by atoms with van der Waals surface area (Å²) >= 11 is 0. The third-order valence-corrected chi connectivity index (χ3v) is 5.19. The summed E-state index contributed by atoms with van der Waals surface area (Å²) in [7, 11) is 0. The second kappa shape index (κ2) is 7.55. The van der Waals surface area contributed by atoms with Crippen LogP contribution < -0.4 is 5.32 Å². The highest BCUT2D eigenvalue weighted by Crippen LogP contribution is 2.26. The van der Waals surface area contributed by atoms with Gasteiger partial charge in [0.25, 0.3) is 5.78 Å². The summed E-state index contributed by atoms with van der Waals surface area (Å²) in [6.45, 7) is 1.48. The molecule has 1 aliphatic rings. The Morgan fingerprint density at radius 2 is 1.83 bits per heavy atom. The molecule has 0 saturated carbocycles. The number of nitrogens with one attached hydrogen (secondary N) is 1. The summed E-state index contributed by atoms with van der Waals surface area (Å²) in [5.74, 6) is -0.0695. The smallest absolute Gasteiger partial charge is 0.321 e. The number of hydrogen-bond donors (Lipinski definition) is 1. The van der Waals surface area contributed by atoms with E-state index in [9.17, 15) is 9.18 Å². The van der Waals surface area contributed by atoms with Crippen LogP contribution in [-0.4, -0.2) is 43.6 Å². The van der Waals surface area contributed by atoms with Crippen LogP contribution in [-0.2, 0) is 0 Å². The summed E-state index contributed by atoms with van der Waals surface area (Å²) in [6.07, 6.45) is 5.21. The molecular weight excluding hydrogens is 383 g/mol. The number of anilines is 1. The lowest BCUT2D eigenvalue weighted by atomic mass is 10.1. The SMILES string of the molecule is O=C(Nc1ccc(F)c(-c2cnn3c(-c4ccccc4)cnc3n2)c1)N1CCCC1. The maximum atomic E-state index is 14.5. The molecule has 150 valence electrons. The molecule has 30 heavy (non-hydrogen) atoms. The predicted molar refractivity (Wildman–Crippen MR) is 111 cm³/mol. The van der Waals surface area contributed by atoms with Crippen molar-refractivity contribution in [2.75, 3.05) is 18.4 Å². The summed E-state index contributed by atoms with van der Waals surface area (Å²) in [6, 6.07) is 14.0. The fourth-order valence-corrected chi connectivity index (χ4v) is 3.63. The van der Waals surface area contributed by atoms with Crippen LogP contribution in [0.25, 0.3) is 28.3 Å². The first-order valence-electron chi connectivity index (χ1n) is 9.81. The van der Waals surface area contributed by atoms with Gasteiger partial charge in [0, 0.05) is 29.9 Å². The average Bonchev–Trinajstić information content (AvgIpc) is 3.45. The number of halogens is 1. The lowest BCUT2D eigenvalue weighted by Crippen LogP contribution is -2.32. The number of fused-ring (bicyclic) bond motifs is 1. The van der Waals surface area contributed by atoms with Gasteiger partial charge >= 0.3 is 6.03 Å². The van der Waals surface area contributed by atoms with Crippen LogP contribution in [0, 0.1) is 5.82 Å². The number of likely N-dealkylation sites (tertiary alicyclic amines) is 1. The molecule has 1 N–H and O–H groups in total. The Balaban J connectivity index is 1.47. The first-order chi connectivity index (χ1) is 14.7. The van der Waals surface area contributed by atoms with Gasteiger partial charge < -0.3 is 10.2 Å². The van der Waals surface area contributed by atoms with Crippen LogP contribution in [0.15, 0.2) is 60.9 Å². The highest BCUT2D eigenvalue weighted by atomic mass is 19.1. The zero-order valence-electron chi connectivity index (χ0n) is 16.1. The number of hydrogen-bond acceptors (Lipinski definition) is 4. The van der Waals surface area contributed by atoms with Crippen molar-refractivity contribution >= 4 is 17.5 Å². The highest BCUT2D eigenvalue weighted by Gasteiger charge is 2.19. The van der Waals surface area contributed by atoms with Gasteiger partial charge in [-0.05, 0) is 31.0 Å². The molecule has 0 atom stereocenters. The van der Waals surface area contributed by atoms with E-state index >= 15 is 0 Å². The van der Waals surface area contributed by atoms with Crippen LogP contribution in [0.1, 0.15) is 12.8 Å². The minimum Gasteiger partial charge on any atom is -0.325 e. The first kappa shape index (κ1) is 18.2. The molecule has 0 bridgehead atoms. The van der Waals surface area contributed by atoms with Crippen LogP contribution in [0.2, 0.25) is 0 Å². The topological polar surface area (TPSA) is 75.4 Å². The molecule has 3 heterocycles. The monoisotopic (exact) mass is 402 g/mol. The second-order valence-corrected chi connectivity index (χ2v) is 7.18. The van der Waals surface area contributed by atoms with E-state index in [0.717, 1.165) is 37.2 Å². The average molecular weight is 402 g/mol. The molecule has 4 aromatic rings. The molecule has 5 rings (SSSR count). The predicted octanol–water partition coefficient (Wildman–Crippen LogP) is 4.23. The van der Waals surface area contributed by atoms with Gasteiger partial charge in [-0.1, -0.05) is 30.3 Å². The van der Waals surface area contributed by atoms with Crippen molar-refractivity contribution in [2.45, 2.75) is 12.8 Å². The highest BCUT2D eigenvalue weighted by molar-refractivity contribution is 5.90. The minimum atomic E-state index is -0.442. The Labute approximate surface area is 172 Å². The lowest BCUT2D eigenvalue weighted by molar-refractivity contribution is 0.222. The first-order valence-corrected chi connectivity index (χ1v) is 9.81. The molecule has 1 saturated heterocycles. The van der Waals surface area contributed by atoms with Crippen molar-refractivity contribution in [3.05, 3.63) is 66.7 Å². The van der Waals surface area contributed by atoms with Crippen LogP contribution in [0.5, 0.6) is 0 Å². The van der Waals surface area contributed by atoms with Crippen molar-refractivity contribution in [3.63, 3.8) is 0 Å². The Hall–Kier alpha value is -3.81. The summed E-state index contributed by atoms with van der Waals surface area (Å²) in [5.41, 5.74) is 2.89. The van der Waals surface area contributed by atoms with E-state index in [-0.39, 0.29) is 11.6 Å². The standard InChI is InChI=1S/C22H19FN6O/c23-18-9-8-16(26-22(30)28-10-4-5-11-28)12-17(18)19-13-25-29-20(14-24-21(29)27-19)15-6-2-1-3-7-15/h1-3,6-9,12-14H,4-5,10-11H2,(H,26,30). The van der Waals surface area contributed by atoms with Gasteiger partial charge in [0.05, 0.1) is 23.8 Å². The maximum absolute atomic E-state index is 14.5. The molecule has 0 spiro atoms. The maximum Gasteiger partial charge on any atom is 0.321 e. The van der Waals surface area contributed by atoms with E-state index in [1.807, 2.05) is 30.3 Å². The Morgan fingerprint density at radius 1 is 1.03 bits per heavy atom. The number of nitrogens with zero attached hydrogens (tertiary/aromatic N) is 5. The summed E-state index contributed by atoms with van der Waals surface area (Å²) in [4.78, 5) is 22.9. The molecule has 7 nitrogen and oxygen atoms in total. The van der Waals surface area contributed by atoms with Gasteiger partial charge in [-0.25, -0.2) is 19.2 Å². The minimum absolute atomic E-state index is 0.174. The van der Waals surface area contributed by atoms with Gasteiger partial charge in [0.15, 0.2) is 0 Å². The van der Waals surface area contributed by atoms with Gasteiger partial charge in [-0.15, -0.1) is 0 Å². The van der Waals surface area contributed by atoms with E-state index in [1.165, 1.54) is 12.3 Å². The fourth-order valence-electron chi connectivity index (χ4n) is 3.63. The van der Waals surface area contributed by atoms with E-state index < -0.39 is 5.82 Å². The number of imidazole rings is 1. The quantitative estimate of drug-likeness (QED) is 0.557. The number of benzene rings is 2. The zero-order chi connectivity index (χ0) is 20.5. The molecule has 2 aromatic heterocycles. The number of carbonyl (C=O) groups is 1. The number of urea groups is 1. The molecule has 2 amide bonds. The molecule has 2 aromatic carbocycles. The molecule has 0 aliphatic carbocycles. The molecule has 1 fully saturated rings. The second-order valence-electron chi connectivity index (χ2n) is 7.18. The van der Waals surface area contributed by atoms with Crippen molar-refractivity contribution in [1.29, 1.82) is 0 Å². The largest absolute Gasteiger partial charge is 0.325 e. The van der Waals surface area contributed by atoms with E-state index in [2.05, 4.69) is 20.4 Å². The van der Waals surface area contributed by atoms with Crippen LogP contribution in [0.4, 0.5) is 14.9 Å². The summed E-state index contributed by atoms with van der Waals surface area (Å²) < 4.78 is 16.2. The van der Waals surface area contributed by atoms with Crippen molar-refractivity contribution < 1.29 is 9.18 Å². The molecule has 0 radical (unpaired) electrons. The molecule has 8 heteroatoms. The third kappa shape index (κ3) is 3.36. The molecule has 1 aliphatic heterocycles.